The molecule has 1 fully saturated rings. The molecule has 5 nitrogen and oxygen atoms in total. The number of pyridine rings is 1. The van der Waals surface area contributed by atoms with Gasteiger partial charge in [0.25, 0.3) is 0 Å². The van der Waals surface area contributed by atoms with Crippen molar-refractivity contribution in [2.45, 2.75) is 32.9 Å². The molecule has 0 radical (unpaired) electrons. The molecule has 0 spiro atoms. The number of anilines is 1. The smallest absolute Gasteiger partial charge is 0.191 e. The van der Waals surface area contributed by atoms with Crippen LogP contribution in [0.2, 0.25) is 0 Å². The van der Waals surface area contributed by atoms with E-state index in [2.05, 4.69) is 68.8 Å². The Morgan fingerprint density at radius 3 is 2.24 bits per heavy atom. The number of nitrogens with zero attached hydrogens (tertiary/aromatic N) is 3. The average Bonchev–Trinajstić information content (AvgIpc) is 3.18. The van der Waals surface area contributed by atoms with Crippen molar-refractivity contribution in [2.75, 3.05) is 25.0 Å². The van der Waals surface area contributed by atoms with Crippen LogP contribution in [-0.4, -0.2) is 31.1 Å². The van der Waals surface area contributed by atoms with Gasteiger partial charge in [0.2, 0.25) is 0 Å². The van der Waals surface area contributed by atoms with Crippen molar-refractivity contribution in [1.82, 2.24) is 15.6 Å². The molecule has 2 heterocycles. The summed E-state index contributed by atoms with van der Waals surface area (Å²) in [4.78, 5) is 11.2. The predicted molar refractivity (Wildman–Crippen MR) is 104 cm³/mol. The molecule has 1 saturated heterocycles. The molecule has 0 aliphatic carbocycles. The topological polar surface area (TPSA) is 52.6 Å². The molecule has 2 N–H and O–H groups in total. The monoisotopic (exact) mass is 337 g/mol. The summed E-state index contributed by atoms with van der Waals surface area (Å²) in [5.74, 6) is 1.88. The number of guanidine groups is 1. The first-order valence-corrected chi connectivity index (χ1v) is 8.94. The zero-order valence-corrected chi connectivity index (χ0v) is 15.1. The number of benzene rings is 1. The molecular formula is C20H27N5. The Labute approximate surface area is 150 Å². The summed E-state index contributed by atoms with van der Waals surface area (Å²) >= 11 is 0. The molecule has 25 heavy (non-hydrogen) atoms. The van der Waals surface area contributed by atoms with Crippen molar-refractivity contribution >= 4 is 11.8 Å². The van der Waals surface area contributed by atoms with Crippen LogP contribution in [0.25, 0.3) is 0 Å². The second-order valence-corrected chi connectivity index (χ2v) is 6.48. The van der Waals surface area contributed by atoms with Crippen LogP contribution in [0.15, 0.2) is 47.6 Å². The molecule has 0 amide bonds. The van der Waals surface area contributed by atoms with Gasteiger partial charge in [-0.1, -0.05) is 35.9 Å². The normalized spacial score (nSPS) is 14.6. The van der Waals surface area contributed by atoms with E-state index in [0.29, 0.717) is 6.54 Å². The lowest BCUT2D eigenvalue weighted by Gasteiger charge is -2.16. The van der Waals surface area contributed by atoms with E-state index in [4.69, 9.17) is 0 Å². The van der Waals surface area contributed by atoms with Crippen LogP contribution in [0, 0.1) is 6.92 Å². The van der Waals surface area contributed by atoms with Crippen molar-refractivity contribution in [3.63, 3.8) is 0 Å². The molecule has 0 unspecified atom stereocenters. The standard InChI is InChI=1S/C20H27N5/c1-16-5-7-17(8-6-16)13-23-20(21-2)24-15-18-9-10-19(22-14-18)25-11-3-4-12-25/h5-10,14H,3-4,11-13,15H2,1-2H3,(H2,21,23,24). The van der Waals surface area contributed by atoms with Gasteiger partial charge in [0.1, 0.15) is 5.82 Å². The molecule has 2 aromatic rings. The maximum Gasteiger partial charge on any atom is 0.191 e. The average molecular weight is 337 g/mol. The predicted octanol–water partition coefficient (Wildman–Crippen LogP) is 2.86. The maximum absolute atomic E-state index is 4.59. The Kier molecular flexibility index (Phi) is 5.88. The van der Waals surface area contributed by atoms with Gasteiger partial charge < -0.3 is 15.5 Å². The van der Waals surface area contributed by atoms with Gasteiger partial charge in [-0.25, -0.2) is 4.98 Å². The first-order valence-electron chi connectivity index (χ1n) is 8.94. The first-order chi connectivity index (χ1) is 12.2. The molecule has 1 aliphatic heterocycles. The van der Waals surface area contributed by atoms with Gasteiger partial charge in [0.15, 0.2) is 5.96 Å². The van der Waals surface area contributed by atoms with Gasteiger partial charge in [-0.05, 0) is 37.0 Å². The van der Waals surface area contributed by atoms with Crippen LogP contribution < -0.4 is 15.5 Å². The van der Waals surface area contributed by atoms with Crippen molar-refractivity contribution in [2.24, 2.45) is 4.99 Å². The zero-order chi connectivity index (χ0) is 17.5. The van der Waals surface area contributed by atoms with Crippen LogP contribution in [0.3, 0.4) is 0 Å². The summed E-state index contributed by atoms with van der Waals surface area (Å²) < 4.78 is 0. The van der Waals surface area contributed by atoms with Crippen LogP contribution >= 0.6 is 0 Å². The maximum atomic E-state index is 4.59. The Morgan fingerprint density at radius 1 is 1.00 bits per heavy atom. The highest BCUT2D eigenvalue weighted by atomic mass is 15.2. The van der Waals surface area contributed by atoms with Gasteiger partial charge in [-0.15, -0.1) is 0 Å². The molecule has 0 atom stereocenters. The Bertz CT molecular complexity index is 685. The van der Waals surface area contributed by atoms with E-state index in [1.54, 1.807) is 7.05 Å². The van der Waals surface area contributed by atoms with Crippen LogP contribution in [0.5, 0.6) is 0 Å². The Morgan fingerprint density at radius 2 is 1.64 bits per heavy atom. The number of rotatable bonds is 5. The highest BCUT2D eigenvalue weighted by molar-refractivity contribution is 5.79. The second-order valence-electron chi connectivity index (χ2n) is 6.48. The summed E-state index contributed by atoms with van der Waals surface area (Å²) in [7, 11) is 1.79. The molecule has 5 heteroatoms. The molecule has 1 aromatic heterocycles. The fourth-order valence-electron chi connectivity index (χ4n) is 2.95. The quantitative estimate of drug-likeness (QED) is 0.651. The Balaban J connectivity index is 1.48. The van der Waals surface area contributed by atoms with E-state index < -0.39 is 0 Å². The molecule has 132 valence electrons. The molecule has 0 saturated carbocycles. The lowest BCUT2D eigenvalue weighted by Crippen LogP contribution is -2.36. The third-order valence-corrected chi connectivity index (χ3v) is 4.50. The molecule has 1 aliphatic rings. The van der Waals surface area contributed by atoms with E-state index in [0.717, 1.165) is 37.0 Å². The number of hydrogen-bond donors (Lipinski definition) is 2. The minimum absolute atomic E-state index is 0.709. The van der Waals surface area contributed by atoms with E-state index in [9.17, 15) is 0 Å². The van der Waals surface area contributed by atoms with Gasteiger partial charge in [-0.3, -0.25) is 4.99 Å². The van der Waals surface area contributed by atoms with Gasteiger partial charge in [0.05, 0.1) is 0 Å². The van der Waals surface area contributed by atoms with Gasteiger partial charge in [-0.2, -0.15) is 0 Å². The van der Waals surface area contributed by atoms with Crippen LogP contribution in [0.1, 0.15) is 29.5 Å². The third-order valence-electron chi connectivity index (χ3n) is 4.50. The van der Waals surface area contributed by atoms with E-state index in [1.807, 2.05) is 6.20 Å². The zero-order valence-electron chi connectivity index (χ0n) is 15.1. The fraction of sp³-hybridized carbons (Fsp3) is 0.400. The lowest BCUT2D eigenvalue weighted by molar-refractivity contribution is 0.805. The minimum Gasteiger partial charge on any atom is -0.357 e. The highest BCUT2D eigenvalue weighted by Crippen LogP contribution is 2.17. The molecule has 1 aromatic carbocycles. The van der Waals surface area contributed by atoms with Crippen molar-refractivity contribution in [3.05, 3.63) is 59.3 Å². The summed E-state index contributed by atoms with van der Waals surface area (Å²) in [5.41, 5.74) is 3.67. The van der Waals surface area contributed by atoms with Crippen molar-refractivity contribution in [3.8, 4) is 0 Å². The number of aromatic nitrogens is 1. The summed E-state index contributed by atoms with van der Waals surface area (Å²) in [6.07, 6.45) is 4.50. The molecule has 0 bridgehead atoms. The largest absolute Gasteiger partial charge is 0.357 e. The summed E-state index contributed by atoms with van der Waals surface area (Å²) in [5, 5.41) is 6.68. The fourth-order valence-corrected chi connectivity index (χ4v) is 2.95. The van der Waals surface area contributed by atoms with E-state index >= 15 is 0 Å². The highest BCUT2D eigenvalue weighted by Gasteiger charge is 2.12. The molecular weight excluding hydrogens is 310 g/mol. The van der Waals surface area contributed by atoms with E-state index in [1.165, 1.54) is 24.0 Å². The summed E-state index contributed by atoms with van der Waals surface area (Å²) in [6.45, 7) is 5.81. The SMILES string of the molecule is CN=C(NCc1ccc(C)cc1)NCc1ccc(N2CCCC2)nc1. The lowest BCUT2D eigenvalue weighted by atomic mass is 10.1. The number of aryl methyl sites for hydroxylation is 1. The third kappa shape index (κ3) is 4.95. The van der Waals surface area contributed by atoms with Crippen LogP contribution in [-0.2, 0) is 13.1 Å². The number of nitrogens with one attached hydrogen (secondary N) is 2. The summed E-state index contributed by atoms with van der Waals surface area (Å²) in [6, 6.07) is 12.8. The number of aliphatic imine (C=N–C) groups is 1. The van der Waals surface area contributed by atoms with Crippen molar-refractivity contribution < 1.29 is 0 Å². The van der Waals surface area contributed by atoms with Crippen molar-refractivity contribution in [1.29, 1.82) is 0 Å². The van der Waals surface area contributed by atoms with Crippen LogP contribution in [0.4, 0.5) is 5.82 Å². The number of hydrogen-bond acceptors (Lipinski definition) is 3. The molecule has 3 rings (SSSR count). The Hall–Kier alpha value is -2.56. The second kappa shape index (κ2) is 8.51. The van der Waals surface area contributed by atoms with Gasteiger partial charge in [0, 0.05) is 39.4 Å². The first kappa shape index (κ1) is 17.3. The minimum atomic E-state index is 0.709. The van der Waals surface area contributed by atoms with E-state index in [-0.39, 0.29) is 0 Å². The van der Waals surface area contributed by atoms with Gasteiger partial charge >= 0.3 is 0 Å².